The average molecular weight is 246 g/mol. The summed E-state index contributed by atoms with van der Waals surface area (Å²) in [6, 6.07) is 0.645. The van der Waals surface area contributed by atoms with Crippen LogP contribution in [0, 0.1) is 0 Å². The van der Waals surface area contributed by atoms with Gasteiger partial charge in [-0.3, -0.25) is 0 Å². The highest BCUT2D eigenvalue weighted by Gasteiger charge is 2.08. The van der Waals surface area contributed by atoms with Crippen LogP contribution in [-0.2, 0) is 9.47 Å². The fraction of sp³-hybridized carbons (Fsp3) is 1.00. The smallest absolute Gasteiger partial charge is 0.169 e. The van der Waals surface area contributed by atoms with Crippen molar-refractivity contribution in [1.29, 1.82) is 0 Å². The second-order valence-electron chi connectivity index (χ2n) is 4.28. The molecule has 0 bridgehead atoms. The summed E-state index contributed by atoms with van der Waals surface area (Å²) in [5.41, 5.74) is 0. The molecule has 0 aliphatic rings. The molecule has 4 heteroatoms. The first-order chi connectivity index (χ1) is 8.15. The van der Waals surface area contributed by atoms with Crippen LogP contribution in [0.5, 0.6) is 0 Å². The van der Waals surface area contributed by atoms with Crippen LogP contribution in [0.1, 0.15) is 34.1 Å². The van der Waals surface area contributed by atoms with Crippen molar-refractivity contribution in [3.63, 3.8) is 0 Å². The third kappa shape index (κ3) is 8.55. The number of ether oxygens (including phenoxy) is 2. The third-order valence-corrected chi connectivity index (χ3v) is 3.00. The van der Waals surface area contributed by atoms with Crippen molar-refractivity contribution in [3.05, 3.63) is 0 Å². The van der Waals surface area contributed by atoms with Gasteiger partial charge in [0.1, 0.15) is 0 Å². The quantitative estimate of drug-likeness (QED) is 0.444. The molecule has 17 heavy (non-hydrogen) atoms. The number of hydrogen-bond acceptors (Lipinski definition) is 4. The van der Waals surface area contributed by atoms with Gasteiger partial charge in [0.05, 0.1) is 0 Å². The molecule has 4 nitrogen and oxygen atoms in total. The summed E-state index contributed by atoms with van der Waals surface area (Å²) in [4.78, 5) is 2.36. The number of likely N-dealkylation sites (N-methyl/N-ethyl adjacent to an activating group) is 1. The van der Waals surface area contributed by atoms with Crippen LogP contribution in [0.4, 0.5) is 0 Å². The van der Waals surface area contributed by atoms with Gasteiger partial charge >= 0.3 is 0 Å². The van der Waals surface area contributed by atoms with Gasteiger partial charge in [-0.05, 0) is 34.2 Å². The maximum atomic E-state index is 5.46. The summed E-state index contributed by atoms with van der Waals surface area (Å²) in [6.45, 7) is 12.6. The highest BCUT2D eigenvalue weighted by Crippen LogP contribution is 1.98. The van der Waals surface area contributed by atoms with Gasteiger partial charge in [0.25, 0.3) is 0 Å². The predicted molar refractivity (Wildman–Crippen MR) is 72.3 cm³/mol. The second-order valence-corrected chi connectivity index (χ2v) is 4.28. The molecule has 0 heterocycles. The van der Waals surface area contributed by atoms with E-state index in [1.807, 2.05) is 13.8 Å². The van der Waals surface area contributed by atoms with Crippen molar-refractivity contribution in [3.8, 4) is 0 Å². The Morgan fingerprint density at radius 2 is 1.71 bits per heavy atom. The summed E-state index contributed by atoms with van der Waals surface area (Å²) in [6.07, 6.45) is 1.08. The van der Waals surface area contributed by atoms with E-state index in [0.29, 0.717) is 19.3 Å². The lowest BCUT2D eigenvalue weighted by molar-refractivity contribution is -0.132. The molecule has 1 unspecified atom stereocenters. The van der Waals surface area contributed by atoms with Crippen molar-refractivity contribution in [2.24, 2.45) is 0 Å². The van der Waals surface area contributed by atoms with E-state index in [4.69, 9.17) is 9.47 Å². The van der Waals surface area contributed by atoms with E-state index in [1.54, 1.807) is 0 Å². The lowest BCUT2D eigenvalue weighted by atomic mass is 10.2. The fourth-order valence-corrected chi connectivity index (χ4v) is 1.55. The normalized spacial score (nSPS) is 13.6. The van der Waals surface area contributed by atoms with E-state index in [-0.39, 0.29) is 6.29 Å². The molecule has 0 saturated carbocycles. The lowest BCUT2D eigenvalue weighted by Gasteiger charge is -2.24. The Morgan fingerprint density at radius 3 is 2.18 bits per heavy atom. The minimum Gasteiger partial charge on any atom is -0.352 e. The van der Waals surface area contributed by atoms with E-state index in [0.717, 1.165) is 19.6 Å². The average Bonchev–Trinajstić information content (AvgIpc) is 2.33. The van der Waals surface area contributed by atoms with Crippen molar-refractivity contribution in [1.82, 2.24) is 10.2 Å². The van der Waals surface area contributed by atoms with Gasteiger partial charge < -0.3 is 19.7 Å². The molecule has 0 radical (unpaired) electrons. The molecule has 0 fully saturated rings. The van der Waals surface area contributed by atoms with Gasteiger partial charge in [-0.2, -0.15) is 0 Å². The molecule has 0 amide bonds. The number of rotatable bonds is 11. The first kappa shape index (κ1) is 16.8. The van der Waals surface area contributed by atoms with Crippen LogP contribution in [-0.4, -0.2) is 57.1 Å². The minimum absolute atomic E-state index is 0.112. The lowest BCUT2D eigenvalue weighted by Crippen LogP contribution is -2.38. The summed E-state index contributed by atoms with van der Waals surface area (Å²) in [7, 11) is 2.17. The monoisotopic (exact) mass is 246 g/mol. The van der Waals surface area contributed by atoms with E-state index in [1.165, 1.54) is 6.42 Å². The molecule has 1 atom stereocenters. The molecular formula is C13H30N2O2. The Kier molecular flexibility index (Phi) is 10.9. The van der Waals surface area contributed by atoms with Gasteiger partial charge in [0, 0.05) is 38.9 Å². The fourth-order valence-electron chi connectivity index (χ4n) is 1.55. The Bertz CT molecular complexity index is 161. The highest BCUT2D eigenvalue weighted by atomic mass is 16.7. The molecule has 1 N–H and O–H groups in total. The molecule has 0 aliphatic heterocycles. The van der Waals surface area contributed by atoms with Crippen LogP contribution in [0.3, 0.4) is 0 Å². The van der Waals surface area contributed by atoms with Crippen LogP contribution >= 0.6 is 0 Å². The number of nitrogens with one attached hydrogen (secondary N) is 1. The zero-order chi connectivity index (χ0) is 13.1. The van der Waals surface area contributed by atoms with Crippen LogP contribution in [0.2, 0.25) is 0 Å². The molecule has 0 rings (SSSR count). The van der Waals surface area contributed by atoms with Crippen molar-refractivity contribution in [2.75, 3.05) is 39.9 Å². The summed E-state index contributed by atoms with van der Waals surface area (Å²) in [5, 5.41) is 3.37. The zero-order valence-electron chi connectivity index (χ0n) is 12.2. The first-order valence-electron chi connectivity index (χ1n) is 6.79. The molecule has 104 valence electrons. The summed E-state index contributed by atoms with van der Waals surface area (Å²) < 4.78 is 10.9. The standard InChI is InChI=1S/C13H30N2O2/c1-6-12(4)15(5)10-9-14-11-13(16-7-2)17-8-3/h12-14H,6-11H2,1-5H3. The molecule has 0 aromatic heterocycles. The Balaban J connectivity index is 3.59. The Labute approximate surface area is 107 Å². The van der Waals surface area contributed by atoms with Crippen molar-refractivity contribution in [2.45, 2.75) is 46.4 Å². The summed E-state index contributed by atoms with van der Waals surface area (Å²) in [5.74, 6) is 0. The van der Waals surface area contributed by atoms with Crippen LogP contribution < -0.4 is 5.32 Å². The maximum Gasteiger partial charge on any atom is 0.169 e. The number of nitrogens with zero attached hydrogens (tertiary/aromatic N) is 1. The Morgan fingerprint density at radius 1 is 1.12 bits per heavy atom. The largest absolute Gasteiger partial charge is 0.352 e. The van der Waals surface area contributed by atoms with Gasteiger partial charge in [-0.1, -0.05) is 6.92 Å². The second kappa shape index (κ2) is 11.0. The molecule has 0 aromatic carbocycles. The molecule has 0 aromatic rings. The maximum absolute atomic E-state index is 5.46. The minimum atomic E-state index is -0.112. The number of hydrogen-bond donors (Lipinski definition) is 1. The predicted octanol–water partition coefficient (Wildman–Crippen LogP) is 1.71. The molecule has 0 aliphatic carbocycles. The van der Waals surface area contributed by atoms with Crippen LogP contribution in [0.25, 0.3) is 0 Å². The van der Waals surface area contributed by atoms with Gasteiger partial charge in [-0.25, -0.2) is 0 Å². The Hall–Kier alpha value is -0.160. The molecular weight excluding hydrogens is 216 g/mol. The van der Waals surface area contributed by atoms with Gasteiger partial charge in [-0.15, -0.1) is 0 Å². The van der Waals surface area contributed by atoms with Crippen molar-refractivity contribution < 1.29 is 9.47 Å². The van der Waals surface area contributed by atoms with E-state index in [9.17, 15) is 0 Å². The third-order valence-electron chi connectivity index (χ3n) is 3.00. The summed E-state index contributed by atoms with van der Waals surface area (Å²) >= 11 is 0. The topological polar surface area (TPSA) is 33.7 Å². The van der Waals surface area contributed by atoms with Gasteiger partial charge in [0.15, 0.2) is 6.29 Å². The SMILES string of the molecule is CCOC(CNCCN(C)C(C)CC)OCC. The highest BCUT2D eigenvalue weighted by molar-refractivity contribution is 4.62. The zero-order valence-corrected chi connectivity index (χ0v) is 12.2. The first-order valence-corrected chi connectivity index (χ1v) is 6.79. The van der Waals surface area contributed by atoms with Crippen LogP contribution in [0.15, 0.2) is 0 Å². The van der Waals surface area contributed by atoms with E-state index < -0.39 is 0 Å². The molecule has 0 saturated heterocycles. The van der Waals surface area contributed by atoms with Gasteiger partial charge in [0.2, 0.25) is 0 Å². The van der Waals surface area contributed by atoms with E-state index in [2.05, 4.69) is 31.1 Å². The van der Waals surface area contributed by atoms with E-state index >= 15 is 0 Å². The van der Waals surface area contributed by atoms with Crippen molar-refractivity contribution >= 4 is 0 Å². The molecule has 0 spiro atoms.